The molecule has 0 atom stereocenters. The van der Waals surface area contributed by atoms with Gasteiger partial charge in [-0.15, -0.1) is 0 Å². The molecule has 0 unspecified atom stereocenters. The standard InChI is InChI=1S/C15H22N2O2/c1-15(2,11-16)7-8-17-10-12-5-6-13(18-3)14(9-12)19-4/h5-6,9,17H,7-8,10H2,1-4H3. The van der Waals surface area contributed by atoms with Gasteiger partial charge in [0.2, 0.25) is 0 Å². The summed E-state index contributed by atoms with van der Waals surface area (Å²) in [4.78, 5) is 0. The molecule has 0 saturated carbocycles. The lowest BCUT2D eigenvalue weighted by atomic mass is 9.91. The predicted octanol–water partition coefficient (Wildman–Crippen LogP) is 2.73. The van der Waals surface area contributed by atoms with Gasteiger partial charge < -0.3 is 14.8 Å². The number of nitrogens with one attached hydrogen (secondary N) is 1. The number of benzene rings is 1. The van der Waals surface area contributed by atoms with E-state index in [1.807, 2.05) is 32.0 Å². The van der Waals surface area contributed by atoms with Crippen molar-refractivity contribution in [1.29, 1.82) is 5.26 Å². The molecule has 4 nitrogen and oxygen atoms in total. The van der Waals surface area contributed by atoms with Crippen molar-refractivity contribution in [2.24, 2.45) is 5.41 Å². The minimum absolute atomic E-state index is 0.273. The summed E-state index contributed by atoms with van der Waals surface area (Å²) in [5.74, 6) is 1.47. The average molecular weight is 262 g/mol. The highest BCUT2D eigenvalue weighted by Crippen LogP contribution is 2.27. The number of methoxy groups -OCH3 is 2. The Morgan fingerprint density at radius 2 is 1.89 bits per heavy atom. The number of nitriles is 1. The second-order valence-electron chi connectivity index (χ2n) is 5.11. The third-order valence-electron chi connectivity index (χ3n) is 3.01. The molecule has 0 aliphatic rings. The first-order valence-electron chi connectivity index (χ1n) is 6.35. The van der Waals surface area contributed by atoms with Crippen LogP contribution >= 0.6 is 0 Å². The zero-order valence-electron chi connectivity index (χ0n) is 12.1. The van der Waals surface area contributed by atoms with Crippen LogP contribution < -0.4 is 14.8 Å². The second-order valence-corrected chi connectivity index (χ2v) is 5.11. The largest absolute Gasteiger partial charge is 0.493 e. The van der Waals surface area contributed by atoms with Gasteiger partial charge >= 0.3 is 0 Å². The molecule has 0 heterocycles. The molecule has 1 aromatic carbocycles. The van der Waals surface area contributed by atoms with Crippen molar-refractivity contribution in [2.45, 2.75) is 26.8 Å². The number of rotatable bonds is 7. The molecule has 104 valence electrons. The summed E-state index contributed by atoms with van der Waals surface area (Å²) in [7, 11) is 3.25. The Morgan fingerprint density at radius 1 is 1.21 bits per heavy atom. The Hall–Kier alpha value is -1.73. The zero-order valence-corrected chi connectivity index (χ0v) is 12.1. The van der Waals surface area contributed by atoms with Crippen molar-refractivity contribution in [2.75, 3.05) is 20.8 Å². The van der Waals surface area contributed by atoms with Gasteiger partial charge in [-0.3, -0.25) is 0 Å². The van der Waals surface area contributed by atoms with Crippen LogP contribution in [0.15, 0.2) is 18.2 Å². The first-order chi connectivity index (χ1) is 9.02. The van der Waals surface area contributed by atoms with Gasteiger partial charge in [0.15, 0.2) is 11.5 Å². The molecule has 0 radical (unpaired) electrons. The van der Waals surface area contributed by atoms with E-state index in [0.717, 1.165) is 36.6 Å². The van der Waals surface area contributed by atoms with E-state index in [1.165, 1.54) is 0 Å². The van der Waals surface area contributed by atoms with Crippen LogP contribution in [0.5, 0.6) is 11.5 Å². The van der Waals surface area contributed by atoms with E-state index in [0.29, 0.717) is 0 Å². The maximum Gasteiger partial charge on any atom is 0.161 e. The SMILES string of the molecule is COc1ccc(CNCCC(C)(C)C#N)cc1OC. The molecule has 19 heavy (non-hydrogen) atoms. The Balaban J connectivity index is 2.48. The van der Waals surface area contributed by atoms with Crippen LogP contribution in [-0.4, -0.2) is 20.8 Å². The number of nitrogens with zero attached hydrogens (tertiary/aromatic N) is 1. The molecule has 0 fully saturated rings. The highest BCUT2D eigenvalue weighted by atomic mass is 16.5. The fourth-order valence-corrected chi connectivity index (χ4v) is 1.68. The van der Waals surface area contributed by atoms with Gasteiger partial charge in [0.1, 0.15) is 0 Å². The molecule has 0 aromatic heterocycles. The van der Waals surface area contributed by atoms with E-state index in [1.54, 1.807) is 14.2 Å². The molecule has 1 rings (SSSR count). The van der Waals surface area contributed by atoms with Gasteiger partial charge in [-0.2, -0.15) is 5.26 Å². The Kier molecular flexibility index (Phi) is 5.65. The maximum absolute atomic E-state index is 8.93. The Morgan fingerprint density at radius 3 is 2.47 bits per heavy atom. The number of hydrogen-bond acceptors (Lipinski definition) is 4. The van der Waals surface area contributed by atoms with E-state index in [-0.39, 0.29) is 5.41 Å². The maximum atomic E-state index is 8.93. The molecule has 0 aliphatic heterocycles. The van der Waals surface area contributed by atoms with Crippen molar-refractivity contribution in [3.63, 3.8) is 0 Å². The summed E-state index contributed by atoms with van der Waals surface area (Å²) in [6.45, 7) is 5.47. The molecule has 1 aromatic rings. The lowest BCUT2D eigenvalue weighted by molar-refractivity contribution is 0.354. The lowest BCUT2D eigenvalue weighted by Crippen LogP contribution is -2.21. The van der Waals surface area contributed by atoms with Gasteiger partial charge in [-0.05, 0) is 44.5 Å². The Labute approximate surface area is 115 Å². The molecule has 4 heteroatoms. The van der Waals surface area contributed by atoms with Crippen molar-refractivity contribution in [3.8, 4) is 17.6 Å². The third kappa shape index (κ3) is 4.80. The van der Waals surface area contributed by atoms with Crippen LogP contribution in [0.4, 0.5) is 0 Å². The lowest BCUT2D eigenvalue weighted by Gasteiger charge is -2.15. The summed E-state index contributed by atoms with van der Waals surface area (Å²) >= 11 is 0. The topological polar surface area (TPSA) is 54.3 Å². The van der Waals surface area contributed by atoms with Gasteiger partial charge in [0.05, 0.1) is 25.7 Å². The van der Waals surface area contributed by atoms with E-state index in [2.05, 4.69) is 11.4 Å². The molecule has 0 saturated heterocycles. The van der Waals surface area contributed by atoms with Crippen molar-refractivity contribution < 1.29 is 9.47 Å². The molecule has 0 amide bonds. The molecular weight excluding hydrogens is 240 g/mol. The average Bonchev–Trinajstić information content (AvgIpc) is 2.43. The van der Waals surface area contributed by atoms with Crippen molar-refractivity contribution >= 4 is 0 Å². The van der Waals surface area contributed by atoms with Crippen molar-refractivity contribution in [3.05, 3.63) is 23.8 Å². The molecular formula is C15H22N2O2. The normalized spacial score (nSPS) is 10.9. The van der Waals surface area contributed by atoms with E-state index >= 15 is 0 Å². The van der Waals surface area contributed by atoms with Crippen LogP contribution in [0, 0.1) is 16.7 Å². The van der Waals surface area contributed by atoms with Crippen molar-refractivity contribution in [1.82, 2.24) is 5.32 Å². The van der Waals surface area contributed by atoms with Crippen LogP contribution in [0.1, 0.15) is 25.8 Å². The third-order valence-corrected chi connectivity index (χ3v) is 3.01. The van der Waals surface area contributed by atoms with Crippen LogP contribution in [0.3, 0.4) is 0 Å². The minimum atomic E-state index is -0.273. The summed E-state index contributed by atoms with van der Waals surface area (Å²) in [5, 5.41) is 12.3. The smallest absolute Gasteiger partial charge is 0.161 e. The molecule has 0 bridgehead atoms. The van der Waals surface area contributed by atoms with E-state index < -0.39 is 0 Å². The summed E-state index contributed by atoms with van der Waals surface area (Å²) in [5.41, 5.74) is 0.859. The monoisotopic (exact) mass is 262 g/mol. The van der Waals surface area contributed by atoms with Crippen LogP contribution in [-0.2, 0) is 6.54 Å². The summed E-state index contributed by atoms with van der Waals surface area (Å²) in [6, 6.07) is 8.16. The zero-order chi connectivity index (χ0) is 14.3. The molecule has 0 aliphatic carbocycles. The van der Waals surface area contributed by atoms with Gasteiger partial charge in [0.25, 0.3) is 0 Å². The second kappa shape index (κ2) is 7.01. The summed E-state index contributed by atoms with van der Waals surface area (Å²) in [6.07, 6.45) is 0.830. The first kappa shape index (κ1) is 15.3. The number of ether oxygens (including phenoxy) is 2. The Bertz CT molecular complexity index is 450. The number of hydrogen-bond donors (Lipinski definition) is 1. The minimum Gasteiger partial charge on any atom is -0.493 e. The molecule has 0 spiro atoms. The van der Waals surface area contributed by atoms with E-state index in [9.17, 15) is 0 Å². The highest BCUT2D eigenvalue weighted by Gasteiger charge is 2.15. The van der Waals surface area contributed by atoms with Gasteiger partial charge in [-0.25, -0.2) is 0 Å². The predicted molar refractivity (Wildman–Crippen MR) is 75.3 cm³/mol. The van der Waals surface area contributed by atoms with Crippen LogP contribution in [0.2, 0.25) is 0 Å². The van der Waals surface area contributed by atoms with Gasteiger partial charge in [0, 0.05) is 6.54 Å². The van der Waals surface area contributed by atoms with Gasteiger partial charge in [-0.1, -0.05) is 6.07 Å². The summed E-state index contributed by atoms with van der Waals surface area (Å²) < 4.78 is 10.5. The fourth-order valence-electron chi connectivity index (χ4n) is 1.68. The highest BCUT2D eigenvalue weighted by molar-refractivity contribution is 5.42. The quantitative estimate of drug-likeness (QED) is 0.768. The van der Waals surface area contributed by atoms with E-state index in [4.69, 9.17) is 14.7 Å². The van der Waals surface area contributed by atoms with Crippen LogP contribution in [0.25, 0.3) is 0 Å². The molecule has 1 N–H and O–H groups in total. The fraction of sp³-hybridized carbons (Fsp3) is 0.533. The first-order valence-corrected chi connectivity index (χ1v) is 6.35.